The molecule has 1 aliphatic rings. The van der Waals surface area contributed by atoms with Gasteiger partial charge in [0.05, 0.1) is 11.5 Å². The molecule has 33 heavy (non-hydrogen) atoms. The maximum Gasteiger partial charge on any atom is 0.243 e. The largest absolute Gasteiger partial charge is 0.494 e. The van der Waals surface area contributed by atoms with Gasteiger partial charge in [0.25, 0.3) is 0 Å². The highest BCUT2D eigenvalue weighted by Crippen LogP contribution is 2.27. The van der Waals surface area contributed by atoms with E-state index in [9.17, 15) is 13.2 Å². The minimum Gasteiger partial charge on any atom is -0.494 e. The van der Waals surface area contributed by atoms with Gasteiger partial charge in [0.15, 0.2) is 0 Å². The summed E-state index contributed by atoms with van der Waals surface area (Å²) in [6.45, 7) is 6.45. The Balaban J connectivity index is 1.36. The summed E-state index contributed by atoms with van der Waals surface area (Å²) in [6.07, 6.45) is 2.98. The Kier molecular flexibility index (Phi) is 7.05. The molecule has 0 spiro atoms. The number of carbonyl (C=O) groups is 1. The van der Waals surface area contributed by atoms with Gasteiger partial charge in [-0.15, -0.1) is 0 Å². The Morgan fingerprint density at radius 3 is 2.58 bits per heavy atom. The first-order valence-corrected chi connectivity index (χ1v) is 13.0. The number of aromatic nitrogens is 1. The molecule has 1 amide bonds. The lowest BCUT2D eigenvalue weighted by Gasteiger charge is -2.30. The van der Waals surface area contributed by atoms with Gasteiger partial charge in [0.1, 0.15) is 5.75 Å². The number of rotatable bonds is 8. The van der Waals surface area contributed by atoms with Gasteiger partial charge in [-0.3, -0.25) is 4.79 Å². The number of piperidine rings is 1. The Morgan fingerprint density at radius 1 is 1.09 bits per heavy atom. The Morgan fingerprint density at radius 2 is 1.85 bits per heavy atom. The Labute approximate surface area is 195 Å². The van der Waals surface area contributed by atoms with E-state index in [1.165, 1.54) is 4.31 Å². The molecule has 7 nitrogen and oxygen atoms in total. The fourth-order valence-corrected chi connectivity index (χ4v) is 5.90. The van der Waals surface area contributed by atoms with Crippen LogP contribution < -0.4 is 10.1 Å². The van der Waals surface area contributed by atoms with Gasteiger partial charge in [-0.25, -0.2) is 8.42 Å². The number of nitrogens with zero attached hydrogens (tertiary/aromatic N) is 2. The van der Waals surface area contributed by atoms with Gasteiger partial charge < -0.3 is 14.6 Å². The van der Waals surface area contributed by atoms with Crippen LogP contribution in [0.3, 0.4) is 0 Å². The molecule has 3 aromatic rings. The third-order valence-electron chi connectivity index (χ3n) is 6.27. The Hall–Kier alpha value is -2.84. The van der Waals surface area contributed by atoms with Crippen LogP contribution in [-0.2, 0) is 27.9 Å². The fraction of sp³-hybridized carbons (Fsp3) is 0.400. The second kappa shape index (κ2) is 9.97. The third-order valence-corrected chi connectivity index (χ3v) is 8.17. The molecular formula is C25H31N3O4S. The van der Waals surface area contributed by atoms with Gasteiger partial charge in [-0.1, -0.05) is 18.2 Å². The molecule has 0 radical (unpaired) electrons. The van der Waals surface area contributed by atoms with E-state index in [0.717, 1.165) is 28.8 Å². The molecule has 4 rings (SSSR count). The van der Waals surface area contributed by atoms with Gasteiger partial charge in [0, 0.05) is 54.8 Å². The zero-order chi connectivity index (χ0) is 23.4. The average molecular weight is 470 g/mol. The molecule has 0 aliphatic carbocycles. The fourth-order valence-electron chi connectivity index (χ4n) is 4.39. The van der Waals surface area contributed by atoms with Gasteiger partial charge in [-0.2, -0.15) is 4.31 Å². The summed E-state index contributed by atoms with van der Waals surface area (Å²) in [5.41, 5.74) is 1.96. The maximum atomic E-state index is 13.2. The highest BCUT2D eigenvalue weighted by Gasteiger charge is 2.32. The second-order valence-corrected chi connectivity index (χ2v) is 10.2. The lowest BCUT2D eigenvalue weighted by Crippen LogP contribution is -2.42. The summed E-state index contributed by atoms with van der Waals surface area (Å²) in [5.74, 6) is 0.532. The summed E-state index contributed by atoms with van der Waals surface area (Å²) in [4.78, 5) is 13.0. The van der Waals surface area contributed by atoms with Gasteiger partial charge in [0.2, 0.25) is 15.9 Å². The number of fused-ring (bicyclic) bond motifs is 1. The number of hydrogen-bond donors (Lipinski definition) is 1. The molecule has 2 heterocycles. The Bertz CT molecular complexity index is 1230. The molecule has 1 N–H and O–H groups in total. The third kappa shape index (κ3) is 4.91. The van der Waals surface area contributed by atoms with E-state index in [-0.39, 0.29) is 11.8 Å². The molecule has 1 aromatic heterocycles. The van der Waals surface area contributed by atoms with E-state index >= 15 is 0 Å². The van der Waals surface area contributed by atoms with Crippen LogP contribution in [0.1, 0.15) is 32.3 Å². The lowest BCUT2D eigenvalue weighted by molar-refractivity contribution is -0.126. The molecule has 176 valence electrons. The normalized spacial score (nSPS) is 15.6. The molecule has 0 atom stereocenters. The topological polar surface area (TPSA) is 80.6 Å². The van der Waals surface area contributed by atoms with Crippen molar-refractivity contribution < 1.29 is 17.9 Å². The number of hydrogen-bond acceptors (Lipinski definition) is 4. The number of aryl methyl sites for hydroxylation is 1. The second-order valence-electron chi connectivity index (χ2n) is 8.26. The summed E-state index contributed by atoms with van der Waals surface area (Å²) < 4.78 is 35.6. The summed E-state index contributed by atoms with van der Waals surface area (Å²) in [5, 5.41) is 3.91. The first-order valence-electron chi connectivity index (χ1n) is 11.5. The molecular weight excluding hydrogens is 438 g/mol. The predicted octanol–water partition coefficient (Wildman–Crippen LogP) is 3.78. The minimum atomic E-state index is -3.59. The van der Waals surface area contributed by atoms with Crippen LogP contribution in [0.4, 0.5) is 0 Å². The maximum absolute atomic E-state index is 13.2. The monoisotopic (exact) mass is 469 g/mol. The first kappa shape index (κ1) is 23.3. The lowest BCUT2D eigenvalue weighted by atomic mass is 9.97. The number of ether oxygens (including phenoxy) is 1. The molecule has 0 saturated carbocycles. The summed E-state index contributed by atoms with van der Waals surface area (Å²) >= 11 is 0. The predicted molar refractivity (Wildman–Crippen MR) is 129 cm³/mol. The number of para-hydroxylation sites is 1. The van der Waals surface area contributed by atoms with E-state index in [2.05, 4.69) is 16.8 Å². The first-order chi connectivity index (χ1) is 15.9. The van der Waals surface area contributed by atoms with E-state index < -0.39 is 10.0 Å². The van der Waals surface area contributed by atoms with Crippen LogP contribution in [0.5, 0.6) is 5.75 Å². The van der Waals surface area contributed by atoms with Crippen LogP contribution in [-0.4, -0.2) is 42.9 Å². The van der Waals surface area contributed by atoms with E-state index in [1.807, 2.05) is 49.5 Å². The van der Waals surface area contributed by atoms with Crippen LogP contribution in [0.2, 0.25) is 0 Å². The summed E-state index contributed by atoms with van der Waals surface area (Å²) in [6, 6.07) is 14.9. The van der Waals surface area contributed by atoms with Crippen molar-refractivity contribution >= 4 is 26.8 Å². The smallest absolute Gasteiger partial charge is 0.243 e. The zero-order valence-electron chi connectivity index (χ0n) is 19.2. The molecule has 1 saturated heterocycles. The molecule has 2 aromatic carbocycles. The number of nitrogens with one attached hydrogen (secondary N) is 1. The van der Waals surface area contributed by atoms with Crippen LogP contribution >= 0.6 is 0 Å². The SMILES string of the molecule is CCOc1ccccc1CNC(=O)C1CCN(S(=O)(=O)c2ccc3c(ccn3CC)c2)CC1. The molecule has 1 aliphatic heterocycles. The van der Waals surface area contributed by atoms with E-state index in [0.29, 0.717) is 44.0 Å². The van der Waals surface area contributed by atoms with Gasteiger partial charge >= 0.3 is 0 Å². The van der Waals surface area contributed by atoms with Crippen molar-refractivity contribution in [1.29, 1.82) is 0 Å². The quantitative estimate of drug-likeness (QED) is 0.545. The van der Waals surface area contributed by atoms with Crippen LogP contribution in [0.15, 0.2) is 59.6 Å². The average Bonchev–Trinajstić information content (AvgIpc) is 3.26. The van der Waals surface area contributed by atoms with Crippen molar-refractivity contribution in [3.8, 4) is 5.75 Å². The molecule has 0 bridgehead atoms. The number of carbonyl (C=O) groups excluding carboxylic acids is 1. The van der Waals surface area contributed by atoms with Crippen molar-refractivity contribution in [1.82, 2.24) is 14.2 Å². The summed E-state index contributed by atoms with van der Waals surface area (Å²) in [7, 11) is -3.59. The number of benzene rings is 2. The molecule has 0 unspecified atom stereocenters. The zero-order valence-corrected chi connectivity index (χ0v) is 20.0. The van der Waals surface area contributed by atoms with Crippen molar-refractivity contribution in [2.45, 2.75) is 44.7 Å². The minimum absolute atomic E-state index is 0.0410. The van der Waals surface area contributed by atoms with Crippen molar-refractivity contribution in [2.24, 2.45) is 5.92 Å². The van der Waals surface area contributed by atoms with Crippen molar-refractivity contribution in [2.75, 3.05) is 19.7 Å². The van der Waals surface area contributed by atoms with Crippen molar-refractivity contribution in [3.63, 3.8) is 0 Å². The van der Waals surface area contributed by atoms with E-state index in [4.69, 9.17) is 4.74 Å². The van der Waals surface area contributed by atoms with Crippen LogP contribution in [0.25, 0.3) is 10.9 Å². The standard InChI is InChI=1S/C25H31N3O4S/c1-3-27-14-11-20-17-22(9-10-23(20)27)33(30,31)28-15-12-19(13-16-28)25(29)26-18-21-7-5-6-8-24(21)32-4-2/h5-11,14,17,19H,3-4,12-13,15-16,18H2,1-2H3,(H,26,29). The van der Waals surface area contributed by atoms with Crippen LogP contribution in [0, 0.1) is 5.92 Å². The highest BCUT2D eigenvalue weighted by molar-refractivity contribution is 7.89. The van der Waals surface area contributed by atoms with E-state index in [1.54, 1.807) is 12.1 Å². The molecule has 8 heteroatoms. The van der Waals surface area contributed by atoms with Crippen molar-refractivity contribution in [3.05, 3.63) is 60.3 Å². The number of amides is 1. The van der Waals surface area contributed by atoms with Gasteiger partial charge in [-0.05, 0) is 57.0 Å². The number of sulfonamides is 1. The highest BCUT2D eigenvalue weighted by atomic mass is 32.2. The molecule has 1 fully saturated rings.